The molecular formula is C54H92O20. The molecule has 0 aromatic carbocycles. The van der Waals surface area contributed by atoms with Crippen molar-refractivity contribution in [1.82, 2.24) is 0 Å². The molecule has 0 aromatic rings. The van der Waals surface area contributed by atoms with E-state index in [4.69, 9.17) is 61.9 Å². The van der Waals surface area contributed by atoms with Crippen molar-refractivity contribution < 1.29 is 95.8 Å². The summed E-state index contributed by atoms with van der Waals surface area (Å²) in [6, 6.07) is 0. The predicted octanol–water partition coefficient (Wildman–Crippen LogP) is 11.6. The van der Waals surface area contributed by atoms with E-state index >= 15 is 0 Å². The average molecular weight is 1060 g/mol. The molecule has 0 unspecified atom stereocenters. The first-order chi connectivity index (χ1) is 36.1. The topological polar surface area (TPSA) is 254 Å². The van der Waals surface area contributed by atoms with Crippen molar-refractivity contribution >= 4 is 36.9 Å². The number of aliphatic hydroxyl groups is 2. The van der Waals surface area contributed by atoms with E-state index < -0.39 is 36.9 Å². The highest BCUT2D eigenvalue weighted by atomic mass is 16.7. The Kier molecular flexibility index (Phi) is 36.9. The van der Waals surface area contributed by atoms with Crippen LogP contribution in [0.4, 0.5) is 28.8 Å². The number of hydrogen-bond acceptors (Lipinski definition) is 20. The van der Waals surface area contributed by atoms with Crippen LogP contribution in [0.15, 0.2) is 0 Å². The molecule has 0 spiro atoms. The molecule has 3 saturated carbocycles. The first-order valence-electron chi connectivity index (χ1n) is 28.1. The van der Waals surface area contributed by atoms with Gasteiger partial charge in [0.2, 0.25) is 0 Å². The summed E-state index contributed by atoms with van der Waals surface area (Å²) in [6.07, 6.45) is 19.1. The zero-order valence-electron chi connectivity index (χ0n) is 44.4. The van der Waals surface area contributed by atoms with Gasteiger partial charge in [0.25, 0.3) is 0 Å². The molecule has 20 heteroatoms. The van der Waals surface area contributed by atoms with Crippen LogP contribution >= 0.6 is 0 Å². The Bertz CT molecular complexity index is 1470. The van der Waals surface area contributed by atoms with Crippen molar-refractivity contribution in [2.75, 3.05) is 92.5 Å². The van der Waals surface area contributed by atoms with Crippen LogP contribution < -0.4 is 0 Å². The summed E-state index contributed by atoms with van der Waals surface area (Å²) in [5.74, 6) is 1.70. The Morgan fingerprint density at radius 2 is 0.419 bits per heavy atom. The van der Waals surface area contributed by atoms with Gasteiger partial charge >= 0.3 is 36.9 Å². The molecule has 3 fully saturated rings. The number of aliphatic hydroxyl groups excluding tert-OH is 2. The molecule has 2 N–H and O–H groups in total. The molecule has 0 atom stereocenters. The van der Waals surface area contributed by atoms with Gasteiger partial charge < -0.3 is 67.1 Å². The molecule has 428 valence electrons. The molecule has 0 amide bonds. The molecule has 0 aliphatic heterocycles. The molecule has 0 heterocycles. The van der Waals surface area contributed by atoms with Gasteiger partial charge in [0.05, 0.1) is 79.3 Å². The Labute approximate surface area is 439 Å². The molecule has 0 radical (unpaired) electrons. The highest BCUT2D eigenvalue weighted by Gasteiger charge is 2.27. The average Bonchev–Trinajstić information content (AvgIpc) is 3.41. The van der Waals surface area contributed by atoms with Crippen LogP contribution in [0, 0.1) is 35.5 Å². The summed E-state index contributed by atoms with van der Waals surface area (Å²) in [5, 5.41) is 18.0. The zero-order chi connectivity index (χ0) is 53.1. The van der Waals surface area contributed by atoms with Crippen LogP contribution in [0.2, 0.25) is 0 Å². The molecule has 0 saturated heterocycles. The zero-order valence-corrected chi connectivity index (χ0v) is 44.4. The summed E-state index contributed by atoms with van der Waals surface area (Å²) < 4.78 is 62.6. The van der Waals surface area contributed by atoms with E-state index in [1.165, 1.54) is 0 Å². The van der Waals surface area contributed by atoms with Gasteiger partial charge in [-0.25, -0.2) is 28.8 Å². The van der Waals surface area contributed by atoms with E-state index in [0.717, 1.165) is 141 Å². The SMILES string of the molecule is O=C(OCCCCCCO)OCCCCCCOC(=O)OCCCCCCOC(=O)OCCCCCCOC(=O)OCC1CCC(COC(=O)OCC2CCC(COC(=O)OCC3CCC(CO)CC3)CC2)CC1. The monoisotopic (exact) mass is 1060 g/mol. The second-order valence-corrected chi connectivity index (χ2v) is 20.2. The van der Waals surface area contributed by atoms with Crippen LogP contribution in [0.3, 0.4) is 0 Å². The predicted molar refractivity (Wildman–Crippen MR) is 268 cm³/mol. The minimum atomic E-state index is -0.702. The van der Waals surface area contributed by atoms with Crippen LogP contribution in [0.25, 0.3) is 0 Å². The number of unbranched alkanes of at least 4 members (excludes halogenated alkanes) is 12. The number of rotatable bonds is 38. The smallest absolute Gasteiger partial charge is 0.434 e. The third-order valence-corrected chi connectivity index (χ3v) is 14.0. The summed E-state index contributed by atoms with van der Waals surface area (Å²) in [4.78, 5) is 71.7. The van der Waals surface area contributed by atoms with Crippen molar-refractivity contribution in [2.24, 2.45) is 35.5 Å². The minimum absolute atomic E-state index is 0.177. The molecule has 0 aromatic heterocycles. The van der Waals surface area contributed by atoms with Crippen molar-refractivity contribution in [1.29, 1.82) is 0 Å². The first kappa shape index (κ1) is 63.8. The Morgan fingerprint density at radius 3 is 0.622 bits per heavy atom. The summed E-state index contributed by atoms with van der Waals surface area (Å²) in [5.41, 5.74) is 0. The summed E-state index contributed by atoms with van der Waals surface area (Å²) in [6.45, 7) is 3.87. The molecule has 3 aliphatic carbocycles. The number of hydrogen-bond donors (Lipinski definition) is 2. The maximum absolute atomic E-state index is 12.3. The third-order valence-electron chi connectivity index (χ3n) is 14.0. The van der Waals surface area contributed by atoms with Crippen molar-refractivity contribution in [2.45, 2.75) is 180 Å². The molecular weight excluding hydrogens is 969 g/mol. The van der Waals surface area contributed by atoms with Crippen LogP contribution in [0.1, 0.15) is 180 Å². The molecule has 74 heavy (non-hydrogen) atoms. The fourth-order valence-corrected chi connectivity index (χ4v) is 9.22. The summed E-state index contributed by atoms with van der Waals surface area (Å²) in [7, 11) is 0. The largest absolute Gasteiger partial charge is 0.508 e. The van der Waals surface area contributed by atoms with Gasteiger partial charge in [-0.1, -0.05) is 6.42 Å². The molecule has 20 nitrogen and oxygen atoms in total. The fourth-order valence-electron chi connectivity index (χ4n) is 9.22. The van der Waals surface area contributed by atoms with Gasteiger partial charge in [0.1, 0.15) is 0 Å². The van der Waals surface area contributed by atoms with E-state index in [0.29, 0.717) is 90.0 Å². The van der Waals surface area contributed by atoms with E-state index in [9.17, 15) is 33.9 Å². The van der Waals surface area contributed by atoms with Gasteiger partial charge in [-0.2, -0.15) is 0 Å². The second-order valence-electron chi connectivity index (χ2n) is 20.2. The first-order valence-corrected chi connectivity index (χ1v) is 28.1. The molecule has 0 bridgehead atoms. The molecule has 3 rings (SSSR count). The maximum atomic E-state index is 12.3. The van der Waals surface area contributed by atoms with E-state index in [1.807, 2.05) is 0 Å². The van der Waals surface area contributed by atoms with Gasteiger partial charge in [-0.05, 0) is 209 Å². The van der Waals surface area contributed by atoms with E-state index in [1.54, 1.807) is 0 Å². The van der Waals surface area contributed by atoms with Crippen molar-refractivity contribution in [3.05, 3.63) is 0 Å². The van der Waals surface area contributed by atoms with Gasteiger partial charge in [0, 0.05) is 13.2 Å². The van der Waals surface area contributed by atoms with Gasteiger partial charge in [-0.15, -0.1) is 0 Å². The Morgan fingerprint density at radius 1 is 0.243 bits per heavy atom. The fraction of sp³-hybridized carbons (Fsp3) is 0.889. The van der Waals surface area contributed by atoms with Crippen LogP contribution in [-0.2, 0) is 56.8 Å². The lowest BCUT2D eigenvalue weighted by Gasteiger charge is -2.29. The molecule has 3 aliphatic rings. The standard InChI is InChI=1S/C54H92O20/c55-29-9-1-2-10-30-63-49(57)64-31-11-3-4-12-32-65-50(58)66-33-13-5-6-14-34-67-51(59)68-35-15-7-8-16-36-69-52(60)70-38-45-21-23-46(24-22-45)40-73-54(62)74-42-48-27-25-47(26-28-48)41-72-53(61)71-39-44-19-17-43(37-56)18-20-44/h43-48,55-56H,1-42H2. The number of ether oxygens (including phenoxy) is 12. The Hall–Kier alpha value is -4.46. The summed E-state index contributed by atoms with van der Waals surface area (Å²) >= 11 is 0. The lowest BCUT2D eigenvalue weighted by molar-refractivity contribution is 0.00950. The number of carbonyl (C=O) groups excluding carboxylic acids is 6. The third kappa shape index (κ3) is 34.2. The van der Waals surface area contributed by atoms with Gasteiger partial charge in [-0.3, -0.25) is 0 Å². The maximum Gasteiger partial charge on any atom is 0.508 e. The van der Waals surface area contributed by atoms with E-state index in [-0.39, 0.29) is 76.5 Å². The van der Waals surface area contributed by atoms with Crippen LogP contribution in [0.5, 0.6) is 0 Å². The highest BCUT2D eigenvalue weighted by Crippen LogP contribution is 2.32. The normalized spacial score (nSPS) is 20.5. The van der Waals surface area contributed by atoms with E-state index in [2.05, 4.69) is 0 Å². The van der Waals surface area contributed by atoms with Crippen LogP contribution in [-0.4, -0.2) is 140 Å². The lowest BCUT2D eigenvalue weighted by atomic mass is 9.83. The lowest BCUT2D eigenvalue weighted by Crippen LogP contribution is -2.26. The Balaban J connectivity index is 0.997. The highest BCUT2D eigenvalue weighted by molar-refractivity contribution is 5.61. The van der Waals surface area contributed by atoms with Crippen molar-refractivity contribution in [3.8, 4) is 0 Å². The second kappa shape index (κ2) is 42.7. The van der Waals surface area contributed by atoms with Crippen molar-refractivity contribution in [3.63, 3.8) is 0 Å². The minimum Gasteiger partial charge on any atom is -0.434 e. The number of carbonyl (C=O) groups is 6. The van der Waals surface area contributed by atoms with Gasteiger partial charge in [0.15, 0.2) is 0 Å². The quantitative estimate of drug-likeness (QED) is 0.0331.